The SMILES string of the molecule is C[C@@H](C#N)C[C@H]1CC[C@@H]2O[C@@H]3C[C@]2(C[C@H]2OC4(CCCCC4)O[C@@H]32)O1. The molecule has 3 heterocycles. The lowest BCUT2D eigenvalue weighted by Gasteiger charge is -2.44. The predicted molar refractivity (Wildman–Crippen MR) is 89.7 cm³/mol. The molecule has 7 atom stereocenters. The van der Waals surface area contributed by atoms with E-state index in [4.69, 9.17) is 24.2 Å². The second-order valence-corrected chi connectivity index (χ2v) is 8.93. The van der Waals surface area contributed by atoms with Crippen molar-refractivity contribution in [2.45, 2.75) is 113 Å². The maximum atomic E-state index is 9.12. The zero-order valence-corrected chi connectivity index (χ0v) is 15.1. The molecule has 2 aliphatic carbocycles. The van der Waals surface area contributed by atoms with E-state index in [-0.39, 0.29) is 47.8 Å². The average molecular weight is 347 g/mol. The van der Waals surface area contributed by atoms with E-state index in [0.29, 0.717) is 0 Å². The third-order valence-electron chi connectivity index (χ3n) is 7.07. The van der Waals surface area contributed by atoms with Crippen LogP contribution in [0.4, 0.5) is 0 Å². The van der Waals surface area contributed by atoms with Gasteiger partial charge in [-0.15, -0.1) is 0 Å². The summed E-state index contributed by atoms with van der Waals surface area (Å²) < 4.78 is 26.0. The first-order valence-corrected chi connectivity index (χ1v) is 10.2. The molecule has 5 aliphatic rings. The van der Waals surface area contributed by atoms with Gasteiger partial charge in [0.15, 0.2) is 5.79 Å². The van der Waals surface area contributed by atoms with Crippen LogP contribution < -0.4 is 0 Å². The average Bonchev–Trinajstić information content (AvgIpc) is 3.11. The lowest BCUT2D eigenvalue weighted by molar-refractivity contribution is -0.216. The highest BCUT2D eigenvalue weighted by molar-refractivity contribution is 5.12. The van der Waals surface area contributed by atoms with E-state index in [1.165, 1.54) is 19.3 Å². The fourth-order valence-electron chi connectivity index (χ4n) is 5.94. The number of ether oxygens (including phenoxy) is 4. The zero-order chi connectivity index (χ0) is 17.1. The van der Waals surface area contributed by atoms with Crippen molar-refractivity contribution >= 4 is 0 Å². The van der Waals surface area contributed by atoms with Crippen LogP contribution >= 0.6 is 0 Å². The third-order valence-corrected chi connectivity index (χ3v) is 7.07. The Kier molecular flexibility index (Phi) is 3.91. The Morgan fingerprint density at radius 1 is 1.04 bits per heavy atom. The molecule has 0 aromatic heterocycles. The Bertz CT molecular complexity index is 569. The maximum absolute atomic E-state index is 9.12. The van der Waals surface area contributed by atoms with Gasteiger partial charge in [-0.3, -0.25) is 0 Å². The maximum Gasteiger partial charge on any atom is 0.169 e. The lowest BCUT2D eigenvalue weighted by Crippen LogP contribution is -2.53. The summed E-state index contributed by atoms with van der Waals surface area (Å²) in [6, 6.07) is 2.35. The monoisotopic (exact) mass is 347 g/mol. The van der Waals surface area contributed by atoms with Gasteiger partial charge in [-0.05, 0) is 39.0 Å². The minimum atomic E-state index is -0.350. The summed E-state index contributed by atoms with van der Waals surface area (Å²) in [5, 5.41) is 9.12. The molecule has 0 aromatic carbocycles. The fourth-order valence-corrected chi connectivity index (χ4v) is 5.94. The van der Waals surface area contributed by atoms with Gasteiger partial charge in [-0.2, -0.15) is 5.26 Å². The van der Waals surface area contributed by atoms with Crippen LogP contribution in [0, 0.1) is 17.2 Å². The fraction of sp³-hybridized carbons (Fsp3) is 0.950. The van der Waals surface area contributed by atoms with Crippen LogP contribution in [0.1, 0.15) is 71.1 Å². The largest absolute Gasteiger partial charge is 0.369 e. The van der Waals surface area contributed by atoms with Gasteiger partial charge >= 0.3 is 0 Å². The van der Waals surface area contributed by atoms with Crippen molar-refractivity contribution in [3.8, 4) is 6.07 Å². The van der Waals surface area contributed by atoms with Gasteiger partial charge in [0.05, 0.1) is 36.1 Å². The highest BCUT2D eigenvalue weighted by Gasteiger charge is 2.65. The van der Waals surface area contributed by atoms with Gasteiger partial charge in [0, 0.05) is 31.6 Å². The third kappa shape index (κ3) is 2.65. The van der Waals surface area contributed by atoms with E-state index in [1.54, 1.807) is 0 Å². The van der Waals surface area contributed by atoms with E-state index >= 15 is 0 Å². The number of rotatable bonds is 2. The Morgan fingerprint density at radius 2 is 1.84 bits per heavy atom. The number of nitrogens with zero attached hydrogens (tertiary/aromatic N) is 1. The van der Waals surface area contributed by atoms with E-state index in [9.17, 15) is 0 Å². The van der Waals surface area contributed by atoms with Crippen molar-refractivity contribution < 1.29 is 18.9 Å². The van der Waals surface area contributed by atoms with Crippen LogP contribution in [-0.4, -0.2) is 41.9 Å². The van der Waals surface area contributed by atoms with Crippen molar-refractivity contribution in [1.82, 2.24) is 0 Å². The van der Waals surface area contributed by atoms with Crippen LogP contribution in [-0.2, 0) is 18.9 Å². The number of hydrogen-bond acceptors (Lipinski definition) is 5. The summed E-state index contributed by atoms with van der Waals surface area (Å²) in [6.07, 6.45) is 11.0. The van der Waals surface area contributed by atoms with Crippen molar-refractivity contribution in [2.24, 2.45) is 5.92 Å². The highest BCUT2D eigenvalue weighted by atomic mass is 16.8. The molecule has 25 heavy (non-hydrogen) atoms. The molecule has 2 saturated carbocycles. The molecule has 0 N–H and O–H groups in total. The summed E-state index contributed by atoms with van der Waals surface area (Å²) in [5.74, 6) is -0.305. The molecular weight excluding hydrogens is 318 g/mol. The molecule has 2 bridgehead atoms. The predicted octanol–water partition coefficient (Wildman–Crippen LogP) is 3.46. The van der Waals surface area contributed by atoms with Crippen LogP contribution in [0.15, 0.2) is 0 Å². The van der Waals surface area contributed by atoms with Gasteiger partial charge in [-0.1, -0.05) is 6.42 Å². The van der Waals surface area contributed by atoms with Crippen molar-refractivity contribution in [1.29, 1.82) is 5.26 Å². The van der Waals surface area contributed by atoms with E-state index in [1.807, 2.05) is 6.92 Å². The van der Waals surface area contributed by atoms with Gasteiger partial charge in [0.25, 0.3) is 0 Å². The minimum Gasteiger partial charge on any atom is -0.369 e. The quantitative estimate of drug-likeness (QED) is 0.765. The summed E-state index contributed by atoms with van der Waals surface area (Å²) in [6.45, 7) is 1.98. The Morgan fingerprint density at radius 3 is 2.64 bits per heavy atom. The topological polar surface area (TPSA) is 60.7 Å². The minimum absolute atomic E-state index is 0.0454. The first kappa shape index (κ1) is 16.5. The lowest BCUT2D eigenvalue weighted by atomic mass is 9.76. The Labute approximate surface area is 149 Å². The number of nitriles is 1. The molecule has 3 saturated heterocycles. The second kappa shape index (κ2) is 5.92. The van der Waals surface area contributed by atoms with Crippen LogP contribution in [0.3, 0.4) is 0 Å². The molecule has 5 heteroatoms. The van der Waals surface area contributed by atoms with Gasteiger partial charge in [0.1, 0.15) is 6.10 Å². The van der Waals surface area contributed by atoms with Gasteiger partial charge in [-0.25, -0.2) is 0 Å². The molecule has 138 valence electrons. The van der Waals surface area contributed by atoms with Crippen LogP contribution in [0.25, 0.3) is 0 Å². The molecule has 0 unspecified atom stereocenters. The smallest absolute Gasteiger partial charge is 0.169 e. The van der Waals surface area contributed by atoms with Gasteiger partial charge in [0.2, 0.25) is 0 Å². The first-order valence-electron chi connectivity index (χ1n) is 10.2. The summed E-state index contributed by atoms with van der Waals surface area (Å²) in [4.78, 5) is 0. The van der Waals surface area contributed by atoms with Crippen LogP contribution in [0.5, 0.6) is 0 Å². The Hall–Kier alpha value is -0.670. The normalized spacial score (nSPS) is 48.6. The Balaban J connectivity index is 1.33. The molecule has 5 nitrogen and oxygen atoms in total. The second-order valence-electron chi connectivity index (χ2n) is 8.93. The first-order chi connectivity index (χ1) is 12.1. The molecule has 0 aromatic rings. The molecule has 0 radical (unpaired) electrons. The molecule has 2 spiro atoms. The van der Waals surface area contributed by atoms with Crippen molar-refractivity contribution in [3.05, 3.63) is 0 Å². The molecule has 0 amide bonds. The molecular formula is C20H29NO4. The standard InChI is InChI=1S/C20H29NO4/c1-13(12-21)9-14-5-6-17-19(23-14)10-15(22-17)18-16(11-19)24-20(25-18)7-3-2-4-8-20/h13-18H,2-11H2,1H3/t13-,14-,15-,16-,17+,18+,19-/m1/s1. The van der Waals surface area contributed by atoms with Crippen LogP contribution in [0.2, 0.25) is 0 Å². The number of hydrogen-bond donors (Lipinski definition) is 0. The molecule has 3 aliphatic heterocycles. The summed E-state index contributed by atoms with van der Waals surface area (Å²) >= 11 is 0. The van der Waals surface area contributed by atoms with Crippen molar-refractivity contribution in [2.75, 3.05) is 0 Å². The number of fused-ring (bicyclic) bond motifs is 3. The van der Waals surface area contributed by atoms with Gasteiger partial charge < -0.3 is 18.9 Å². The van der Waals surface area contributed by atoms with E-state index in [0.717, 1.165) is 44.9 Å². The van der Waals surface area contributed by atoms with E-state index < -0.39 is 0 Å². The molecule has 5 rings (SSSR count). The highest BCUT2D eigenvalue weighted by Crippen LogP contribution is 2.55. The summed E-state index contributed by atoms with van der Waals surface area (Å²) in [5.41, 5.74) is -0.215. The zero-order valence-electron chi connectivity index (χ0n) is 15.1. The van der Waals surface area contributed by atoms with E-state index in [2.05, 4.69) is 6.07 Å². The van der Waals surface area contributed by atoms with Crippen molar-refractivity contribution in [3.63, 3.8) is 0 Å². The summed E-state index contributed by atoms with van der Waals surface area (Å²) in [7, 11) is 0. The molecule has 5 fully saturated rings.